The number of aliphatic imine (C=N–C) groups is 1. The molecule has 0 unspecified atom stereocenters. The molecule has 158 valence electrons. The lowest BCUT2D eigenvalue weighted by atomic mass is 10.2. The molecular weight excluding hydrogens is 499 g/mol. The van der Waals surface area contributed by atoms with E-state index in [9.17, 15) is 4.79 Å². The third kappa shape index (κ3) is 6.84. The van der Waals surface area contributed by atoms with Crippen molar-refractivity contribution >= 4 is 53.0 Å². The van der Waals surface area contributed by atoms with Gasteiger partial charge in [-0.05, 0) is 37.5 Å². The van der Waals surface area contributed by atoms with Crippen molar-refractivity contribution < 1.29 is 4.79 Å². The number of nitrogens with one attached hydrogen (secondary N) is 2. The Morgan fingerprint density at radius 1 is 1.34 bits per heavy atom. The van der Waals surface area contributed by atoms with E-state index >= 15 is 0 Å². The minimum absolute atomic E-state index is 0. The number of nitrogens with zero attached hydrogens (tertiary/aromatic N) is 4. The van der Waals surface area contributed by atoms with E-state index in [0.29, 0.717) is 13.1 Å². The highest BCUT2D eigenvalue weighted by molar-refractivity contribution is 14.0. The molecule has 3 rings (SSSR count). The molecule has 7 nitrogen and oxygen atoms in total. The Bertz CT molecular complexity index is 834. The maximum atomic E-state index is 12.3. The van der Waals surface area contributed by atoms with E-state index in [1.807, 2.05) is 48.0 Å². The topological polar surface area (TPSA) is 72.9 Å². The van der Waals surface area contributed by atoms with Gasteiger partial charge in [0.15, 0.2) is 5.96 Å². The fraction of sp³-hybridized carbons (Fsp3) is 0.450. The molecule has 0 bridgehead atoms. The number of carbonyl (C=O) groups is 1. The van der Waals surface area contributed by atoms with Crippen LogP contribution >= 0.6 is 35.3 Å². The van der Waals surface area contributed by atoms with Gasteiger partial charge in [0.1, 0.15) is 0 Å². The molecule has 29 heavy (non-hydrogen) atoms. The zero-order chi connectivity index (χ0) is 19.9. The average molecular weight is 528 g/mol. The first kappa shape index (κ1) is 23.4. The van der Waals surface area contributed by atoms with Crippen LogP contribution < -0.4 is 10.6 Å². The summed E-state index contributed by atoms with van der Waals surface area (Å²) in [5, 5.41) is 9.52. The zero-order valence-corrected chi connectivity index (χ0v) is 20.3. The molecule has 0 atom stereocenters. The number of anilines is 1. The number of hydrogen-bond donors (Lipinski definition) is 2. The Morgan fingerprint density at radius 3 is 2.76 bits per heavy atom. The van der Waals surface area contributed by atoms with Gasteiger partial charge in [0.25, 0.3) is 0 Å². The summed E-state index contributed by atoms with van der Waals surface area (Å²) in [5.74, 6) is 0.803. The fourth-order valence-electron chi connectivity index (χ4n) is 3.25. The normalized spacial score (nSPS) is 13.8. The van der Waals surface area contributed by atoms with Crippen molar-refractivity contribution in [3.05, 3.63) is 45.9 Å². The number of likely N-dealkylation sites (tertiary alicyclic amines) is 1. The summed E-state index contributed by atoms with van der Waals surface area (Å²) in [6.45, 7) is 5.02. The number of carbonyl (C=O) groups excluding carboxylic acids is 1. The maximum absolute atomic E-state index is 12.3. The summed E-state index contributed by atoms with van der Waals surface area (Å²) in [7, 11) is 3.77. The van der Waals surface area contributed by atoms with Crippen LogP contribution in [0.2, 0.25) is 0 Å². The van der Waals surface area contributed by atoms with E-state index in [2.05, 4.69) is 26.0 Å². The molecule has 2 aromatic rings. The van der Waals surface area contributed by atoms with E-state index < -0.39 is 0 Å². The van der Waals surface area contributed by atoms with E-state index in [4.69, 9.17) is 0 Å². The number of rotatable bonds is 5. The van der Waals surface area contributed by atoms with Crippen LogP contribution in [-0.2, 0) is 13.1 Å². The van der Waals surface area contributed by atoms with Gasteiger partial charge in [-0.25, -0.2) is 9.78 Å². The molecule has 1 saturated heterocycles. The van der Waals surface area contributed by atoms with Gasteiger partial charge < -0.3 is 20.4 Å². The molecule has 0 saturated carbocycles. The Hall–Kier alpha value is -1.88. The van der Waals surface area contributed by atoms with Crippen LogP contribution in [0.15, 0.2) is 34.6 Å². The molecule has 9 heteroatoms. The van der Waals surface area contributed by atoms with Crippen LogP contribution in [0.3, 0.4) is 0 Å². The zero-order valence-electron chi connectivity index (χ0n) is 17.1. The largest absolute Gasteiger partial charge is 0.352 e. The average Bonchev–Trinajstić information content (AvgIpc) is 3.34. The van der Waals surface area contributed by atoms with Crippen molar-refractivity contribution in [2.45, 2.75) is 32.9 Å². The molecular formula is C20H29IN6OS. The number of benzene rings is 1. The number of guanidine groups is 1. The van der Waals surface area contributed by atoms with Gasteiger partial charge in [0.05, 0.1) is 17.2 Å². The predicted molar refractivity (Wildman–Crippen MR) is 130 cm³/mol. The number of hydrogen-bond acceptors (Lipinski definition) is 4. The molecule has 0 aliphatic carbocycles. The second kappa shape index (κ2) is 11.3. The number of aryl methyl sites for hydroxylation is 1. The first-order valence-electron chi connectivity index (χ1n) is 9.53. The Kier molecular flexibility index (Phi) is 9.15. The Balaban J connectivity index is 0.00000300. The summed E-state index contributed by atoms with van der Waals surface area (Å²) in [6, 6.07) is 7.90. The van der Waals surface area contributed by atoms with Crippen molar-refractivity contribution in [2.24, 2.45) is 4.99 Å². The van der Waals surface area contributed by atoms with E-state index in [-0.39, 0.29) is 30.0 Å². The Labute approximate surface area is 193 Å². The minimum Gasteiger partial charge on any atom is -0.352 e. The number of urea groups is 1. The van der Waals surface area contributed by atoms with Gasteiger partial charge in [-0.15, -0.1) is 35.3 Å². The molecule has 1 aliphatic heterocycles. The van der Waals surface area contributed by atoms with Gasteiger partial charge >= 0.3 is 6.03 Å². The number of thiazole rings is 1. The standard InChI is InChI=1S/C20H28N6OS.HI/c1-15-23-18(14-28-15)13-25(3)19(21-2)22-12-16-7-6-8-17(11-16)24-20(27)26-9-4-5-10-26;/h6-8,11,14H,4-5,9-10,12-13H2,1-3H3,(H,21,22)(H,24,27);1H. The molecule has 1 fully saturated rings. The van der Waals surface area contributed by atoms with Crippen LogP contribution in [0.1, 0.15) is 29.1 Å². The lowest BCUT2D eigenvalue weighted by Gasteiger charge is -2.21. The summed E-state index contributed by atoms with van der Waals surface area (Å²) in [5.41, 5.74) is 2.94. The predicted octanol–water partition coefficient (Wildman–Crippen LogP) is 3.90. The molecule has 2 heterocycles. The lowest BCUT2D eigenvalue weighted by Crippen LogP contribution is -2.38. The van der Waals surface area contributed by atoms with Crippen LogP contribution in [-0.4, -0.2) is 54.0 Å². The smallest absolute Gasteiger partial charge is 0.321 e. The van der Waals surface area contributed by atoms with Crippen molar-refractivity contribution in [3.63, 3.8) is 0 Å². The third-order valence-corrected chi connectivity index (χ3v) is 5.48. The summed E-state index contributed by atoms with van der Waals surface area (Å²) >= 11 is 1.66. The van der Waals surface area contributed by atoms with Crippen molar-refractivity contribution in [3.8, 4) is 0 Å². The molecule has 1 aliphatic rings. The highest BCUT2D eigenvalue weighted by atomic mass is 127. The van der Waals surface area contributed by atoms with Crippen LogP contribution in [0.5, 0.6) is 0 Å². The summed E-state index contributed by atoms with van der Waals surface area (Å²) in [4.78, 5) is 25.1. The SMILES string of the molecule is CN=C(NCc1cccc(NC(=O)N2CCCC2)c1)N(C)Cc1csc(C)n1.I. The van der Waals surface area contributed by atoms with Gasteiger partial charge in [-0.1, -0.05) is 12.1 Å². The van der Waals surface area contributed by atoms with Crippen LogP contribution in [0, 0.1) is 6.92 Å². The number of halogens is 1. The molecule has 1 aromatic heterocycles. The van der Waals surface area contributed by atoms with Crippen LogP contribution in [0.4, 0.5) is 10.5 Å². The first-order valence-corrected chi connectivity index (χ1v) is 10.4. The summed E-state index contributed by atoms with van der Waals surface area (Å²) in [6.07, 6.45) is 2.18. The van der Waals surface area contributed by atoms with Crippen molar-refractivity contribution in [2.75, 3.05) is 32.5 Å². The minimum atomic E-state index is -0.0169. The fourth-order valence-corrected chi connectivity index (χ4v) is 3.85. The first-order chi connectivity index (χ1) is 13.5. The highest BCUT2D eigenvalue weighted by Crippen LogP contribution is 2.14. The third-order valence-electron chi connectivity index (χ3n) is 4.66. The number of aromatic nitrogens is 1. The highest BCUT2D eigenvalue weighted by Gasteiger charge is 2.17. The van der Waals surface area contributed by atoms with Crippen molar-refractivity contribution in [1.82, 2.24) is 20.1 Å². The van der Waals surface area contributed by atoms with E-state index in [0.717, 1.165) is 53.8 Å². The van der Waals surface area contributed by atoms with Gasteiger partial charge in [-0.2, -0.15) is 0 Å². The molecule has 2 amide bonds. The molecule has 2 N–H and O–H groups in total. The van der Waals surface area contributed by atoms with Crippen molar-refractivity contribution in [1.29, 1.82) is 0 Å². The van der Waals surface area contributed by atoms with Gasteiger partial charge in [0, 0.05) is 44.8 Å². The summed E-state index contributed by atoms with van der Waals surface area (Å²) < 4.78 is 0. The second-order valence-electron chi connectivity index (χ2n) is 6.94. The molecule has 0 spiro atoms. The van der Waals surface area contributed by atoms with Gasteiger partial charge in [0.2, 0.25) is 0 Å². The van der Waals surface area contributed by atoms with Gasteiger partial charge in [-0.3, -0.25) is 4.99 Å². The monoisotopic (exact) mass is 528 g/mol. The second-order valence-corrected chi connectivity index (χ2v) is 8.00. The quantitative estimate of drug-likeness (QED) is 0.351. The lowest BCUT2D eigenvalue weighted by molar-refractivity contribution is 0.222. The van der Waals surface area contributed by atoms with E-state index in [1.54, 1.807) is 18.4 Å². The van der Waals surface area contributed by atoms with E-state index in [1.165, 1.54) is 0 Å². The Morgan fingerprint density at radius 2 is 2.10 bits per heavy atom. The number of amides is 2. The molecule has 0 radical (unpaired) electrons. The molecule has 1 aromatic carbocycles. The maximum Gasteiger partial charge on any atom is 0.321 e. The van der Waals surface area contributed by atoms with Crippen LogP contribution in [0.25, 0.3) is 0 Å².